The van der Waals surface area contributed by atoms with Crippen LogP contribution in [0.3, 0.4) is 0 Å². The van der Waals surface area contributed by atoms with Crippen molar-refractivity contribution in [1.82, 2.24) is 34.5 Å². The fourth-order valence-electron chi connectivity index (χ4n) is 2.56. The molecule has 1 fully saturated rings. The van der Waals surface area contributed by atoms with Crippen molar-refractivity contribution < 1.29 is 0 Å². The molecule has 20 heavy (non-hydrogen) atoms. The molecule has 1 aliphatic heterocycles. The molecule has 3 aromatic rings. The summed E-state index contributed by atoms with van der Waals surface area (Å²) in [5.41, 5.74) is 1.77. The van der Waals surface area contributed by atoms with E-state index >= 15 is 0 Å². The van der Waals surface area contributed by atoms with Gasteiger partial charge in [-0.3, -0.25) is 9.58 Å². The van der Waals surface area contributed by atoms with Crippen LogP contribution in [0.1, 0.15) is 17.6 Å². The summed E-state index contributed by atoms with van der Waals surface area (Å²) in [4.78, 5) is 2.33. The number of nitrogens with zero attached hydrogens (tertiary/aromatic N) is 7. The van der Waals surface area contributed by atoms with E-state index in [4.69, 9.17) is 0 Å². The second kappa shape index (κ2) is 4.38. The largest absolute Gasteiger partial charge is 0.291 e. The molecule has 0 unspecified atom stereocenters. The first-order valence-electron chi connectivity index (χ1n) is 6.69. The van der Waals surface area contributed by atoms with Crippen LogP contribution in [-0.4, -0.2) is 47.6 Å². The Morgan fingerprint density at radius 3 is 2.95 bits per heavy atom. The number of hydrogen-bond acceptors (Lipinski definition) is 5. The SMILES string of the molecule is Cc1ccc2nnc(CN3CC(n4cccn4)C3)n2n1. The van der Waals surface area contributed by atoms with Gasteiger partial charge in [-0.15, -0.1) is 10.2 Å². The van der Waals surface area contributed by atoms with Crippen molar-refractivity contribution in [3.8, 4) is 0 Å². The molecule has 4 rings (SSSR count). The van der Waals surface area contributed by atoms with Crippen LogP contribution in [0.25, 0.3) is 5.65 Å². The van der Waals surface area contributed by atoms with Crippen LogP contribution in [0.4, 0.5) is 0 Å². The van der Waals surface area contributed by atoms with E-state index in [1.54, 1.807) is 0 Å². The molecule has 1 saturated heterocycles. The highest BCUT2D eigenvalue weighted by atomic mass is 15.4. The van der Waals surface area contributed by atoms with Gasteiger partial charge < -0.3 is 0 Å². The van der Waals surface area contributed by atoms with Gasteiger partial charge >= 0.3 is 0 Å². The minimum Gasteiger partial charge on any atom is -0.291 e. The zero-order valence-electron chi connectivity index (χ0n) is 11.2. The number of likely N-dealkylation sites (tertiary alicyclic amines) is 1. The molecule has 0 atom stereocenters. The third kappa shape index (κ3) is 1.87. The van der Waals surface area contributed by atoms with E-state index in [9.17, 15) is 0 Å². The van der Waals surface area contributed by atoms with Crippen molar-refractivity contribution in [3.63, 3.8) is 0 Å². The molecule has 0 radical (unpaired) electrons. The second-order valence-corrected chi connectivity index (χ2v) is 5.19. The Kier molecular flexibility index (Phi) is 2.53. The molecule has 7 nitrogen and oxygen atoms in total. The summed E-state index contributed by atoms with van der Waals surface area (Å²) >= 11 is 0. The number of aromatic nitrogens is 6. The predicted octanol–water partition coefficient (Wildman–Crippen LogP) is 0.686. The Morgan fingerprint density at radius 2 is 2.15 bits per heavy atom. The van der Waals surface area contributed by atoms with E-state index in [-0.39, 0.29) is 0 Å². The van der Waals surface area contributed by atoms with Crippen LogP contribution in [0.15, 0.2) is 30.6 Å². The highest BCUT2D eigenvalue weighted by Gasteiger charge is 2.29. The standard InChI is InChI=1S/C13H15N7/c1-10-3-4-12-15-16-13(20(12)17-10)9-18-7-11(8-18)19-6-2-5-14-19/h2-6,11H,7-9H2,1H3. The predicted molar refractivity (Wildman–Crippen MR) is 72.1 cm³/mol. The van der Waals surface area contributed by atoms with Gasteiger partial charge in [0.1, 0.15) is 0 Å². The maximum absolute atomic E-state index is 4.46. The van der Waals surface area contributed by atoms with Crippen molar-refractivity contribution in [2.45, 2.75) is 19.5 Å². The monoisotopic (exact) mass is 269 g/mol. The van der Waals surface area contributed by atoms with E-state index in [0.29, 0.717) is 6.04 Å². The molecule has 0 amide bonds. The molecule has 1 aliphatic rings. The van der Waals surface area contributed by atoms with Crippen LogP contribution < -0.4 is 0 Å². The lowest BCUT2D eigenvalue weighted by Crippen LogP contribution is -2.47. The van der Waals surface area contributed by atoms with E-state index in [1.807, 2.05) is 46.7 Å². The van der Waals surface area contributed by atoms with Gasteiger partial charge in [0.2, 0.25) is 0 Å². The average molecular weight is 269 g/mol. The highest BCUT2D eigenvalue weighted by Crippen LogP contribution is 2.21. The zero-order chi connectivity index (χ0) is 13.5. The summed E-state index contributed by atoms with van der Waals surface area (Å²) in [5, 5.41) is 17.1. The summed E-state index contributed by atoms with van der Waals surface area (Å²) < 4.78 is 3.84. The Balaban J connectivity index is 1.48. The van der Waals surface area contributed by atoms with Gasteiger partial charge in [0.25, 0.3) is 0 Å². The lowest BCUT2D eigenvalue weighted by atomic mass is 10.1. The maximum Gasteiger partial charge on any atom is 0.177 e. The normalized spacial score (nSPS) is 16.6. The molecule has 102 valence electrons. The lowest BCUT2D eigenvalue weighted by Gasteiger charge is -2.38. The van der Waals surface area contributed by atoms with Gasteiger partial charge in [-0.2, -0.15) is 14.7 Å². The number of rotatable bonds is 3. The Labute approximate surface area is 115 Å². The third-order valence-electron chi connectivity index (χ3n) is 3.66. The minimum absolute atomic E-state index is 0.471. The summed E-state index contributed by atoms with van der Waals surface area (Å²) in [6.45, 7) is 4.72. The Bertz CT molecular complexity index is 724. The topological polar surface area (TPSA) is 64.1 Å². The molecule has 0 aliphatic carbocycles. The Morgan fingerprint density at radius 1 is 1.25 bits per heavy atom. The second-order valence-electron chi connectivity index (χ2n) is 5.19. The van der Waals surface area contributed by atoms with Gasteiger partial charge in [0.15, 0.2) is 11.5 Å². The molecule has 0 N–H and O–H groups in total. The summed E-state index contributed by atoms with van der Waals surface area (Å²) in [5.74, 6) is 0.891. The van der Waals surface area contributed by atoms with Gasteiger partial charge in [-0.1, -0.05) is 0 Å². The minimum atomic E-state index is 0.471. The molecular formula is C13H15N7. The first kappa shape index (κ1) is 11.5. The van der Waals surface area contributed by atoms with Crippen LogP contribution in [0, 0.1) is 6.92 Å². The van der Waals surface area contributed by atoms with Crippen LogP contribution in [0.2, 0.25) is 0 Å². The van der Waals surface area contributed by atoms with Crippen molar-refractivity contribution >= 4 is 5.65 Å². The van der Waals surface area contributed by atoms with E-state index in [1.165, 1.54) is 0 Å². The van der Waals surface area contributed by atoms with E-state index in [2.05, 4.69) is 25.3 Å². The first-order chi connectivity index (χ1) is 9.79. The van der Waals surface area contributed by atoms with E-state index in [0.717, 1.165) is 36.8 Å². The quantitative estimate of drug-likeness (QED) is 0.700. The number of aryl methyl sites for hydroxylation is 1. The van der Waals surface area contributed by atoms with Crippen LogP contribution in [0.5, 0.6) is 0 Å². The molecule has 4 heterocycles. The molecule has 0 bridgehead atoms. The van der Waals surface area contributed by atoms with Gasteiger partial charge in [-0.25, -0.2) is 0 Å². The summed E-state index contributed by atoms with van der Waals surface area (Å²) in [6, 6.07) is 6.33. The van der Waals surface area contributed by atoms with Crippen molar-refractivity contribution in [2.24, 2.45) is 0 Å². The first-order valence-corrected chi connectivity index (χ1v) is 6.69. The zero-order valence-corrected chi connectivity index (χ0v) is 11.2. The summed E-state index contributed by atoms with van der Waals surface area (Å²) in [6.07, 6.45) is 3.83. The van der Waals surface area contributed by atoms with E-state index < -0.39 is 0 Å². The fraction of sp³-hybridized carbons (Fsp3) is 0.385. The van der Waals surface area contributed by atoms with Crippen LogP contribution >= 0.6 is 0 Å². The fourth-order valence-corrected chi connectivity index (χ4v) is 2.56. The molecule has 0 saturated carbocycles. The van der Waals surface area contributed by atoms with Gasteiger partial charge in [0, 0.05) is 25.5 Å². The molecule has 0 spiro atoms. The van der Waals surface area contributed by atoms with Crippen molar-refractivity contribution in [2.75, 3.05) is 13.1 Å². The highest BCUT2D eigenvalue weighted by molar-refractivity contribution is 5.36. The smallest absolute Gasteiger partial charge is 0.177 e. The Hall–Kier alpha value is -2.28. The molecular weight excluding hydrogens is 254 g/mol. The maximum atomic E-state index is 4.46. The van der Waals surface area contributed by atoms with Gasteiger partial charge in [0.05, 0.1) is 18.3 Å². The molecule has 7 heteroatoms. The van der Waals surface area contributed by atoms with Crippen molar-refractivity contribution in [3.05, 3.63) is 42.1 Å². The third-order valence-corrected chi connectivity index (χ3v) is 3.66. The lowest BCUT2D eigenvalue weighted by molar-refractivity contribution is 0.0874. The molecule has 3 aromatic heterocycles. The molecule has 0 aromatic carbocycles. The van der Waals surface area contributed by atoms with Crippen molar-refractivity contribution in [1.29, 1.82) is 0 Å². The van der Waals surface area contributed by atoms with Crippen LogP contribution in [-0.2, 0) is 6.54 Å². The number of hydrogen-bond donors (Lipinski definition) is 0. The summed E-state index contributed by atoms with van der Waals surface area (Å²) in [7, 11) is 0. The number of fused-ring (bicyclic) bond motifs is 1. The van der Waals surface area contributed by atoms with Gasteiger partial charge in [-0.05, 0) is 25.1 Å². The average Bonchev–Trinajstić information content (AvgIpc) is 3.02.